The fourth-order valence-corrected chi connectivity index (χ4v) is 2.08. The normalized spacial score (nSPS) is 22.0. The predicted molar refractivity (Wildman–Crippen MR) is 45.2 cm³/mol. The monoisotopic (exact) mass is 166 g/mol. The molecule has 0 amide bonds. The Hall–Kier alpha value is -0.675. The van der Waals surface area contributed by atoms with Crippen molar-refractivity contribution in [1.82, 2.24) is 0 Å². The van der Waals surface area contributed by atoms with Gasteiger partial charge in [-0.3, -0.25) is 0 Å². The summed E-state index contributed by atoms with van der Waals surface area (Å²) >= 11 is 1.62. The van der Waals surface area contributed by atoms with Gasteiger partial charge in [0.15, 0.2) is 0 Å². The summed E-state index contributed by atoms with van der Waals surface area (Å²) in [5, 5.41) is 18.9. The molecule has 1 aromatic rings. The van der Waals surface area contributed by atoms with E-state index in [2.05, 4.69) is 10.1 Å². The summed E-state index contributed by atoms with van der Waals surface area (Å²) in [5.74, 6) is 0. The highest BCUT2D eigenvalue weighted by molar-refractivity contribution is 7.11. The number of rotatable bonds is 0. The maximum Gasteiger partial charge on any atom is 0.490 e. The molecule has 1 atom stereocenters. The highest BCUT2D eigenvalue weighted by Gasteiger charge is 2.26. The molecule has 3 nitrogen and oxygen atoms in total. The fourth-order valence-electron chi connectivity index (χ4n) is 1.16. The quantitative estimate of drug-likeness (QED) is 0.573. The number of hydrogen-bond acceptors (Lipinski definition) is 4. The summed E-state index contributed by atoms with van der Waals surface area (Å²) < 4.78 is 0. The molecular formula is C6H7BN2OS. The minimum Gasteiger partial charge on any atom is -0.427 e. The molecule has 0 radical (unpaired) electrons. The molecule has 1 N–H and O–H groups in total. The Morgan fingerprint density at radius 2 is 2.55 bits per heavy atom. The lowest BCUT2D eigenvalue weighted by molar-refractivity contribution is 0.573. The van der Waals surface area contributed by atoms with E-state index in [-0.39, 0.29) is 6.04 Å². The molecule has 1 unspecified atom stereocenters. The van der Waals surface area contributed by atoms with Crippen LogP contribution in [-0.4, -0.2) is 12.1 Å². The first kappa shape index (κ1) is 7.00. The van der Waals surface area contributed by atoms with E-state index in [0.717, 1.165) is 10.3 Å². The third kappa shape index (κ3) is 1.00. The van der Waals surface area contributed by atoms with Crippen LogP contribution < -0.4 is 5.46 Å². The van der Waals surface area contributed by atoms with Gasteiger partial charge in [0.1, 0.15) is 6.04 Å². The van der Waals surface area contributed by atoms with Crippen molar-refractivity contribution < 1.29 is 5.02 Å². The third-order valence-corrected chi connectivity index (χ3v) is 2.84. The fraction of sp³-hybridized carbons (Fsp3) is 0.333. The van der Waals surface area contributed by atoms with Crippen LogP contribution in [0, 0.1) is 0 Å². The standard InChI is InChI=1S/C6H7BN2OS/c1-4-6-5(2-3-11-6)7(10)9-8-4/h2-4,10H,1H3. The Kier molecular flexibility index (Phi) is 1.54. The molecule has 0 saturated carbocycles. The van der Waals surface area contributed by atoms with Crippen LogP contribution in [0.1, 0.15) is 17.8 Å². The van der Waals surface area contributed by atoms with Gasteiger partial charge in [0.25, 0.3) is 0 Å². The van der Waals surface area contributed by atoms with Crippen molar-refractivity contribution in [2.24, 2.45) is 10.1 Å². The summed E-state index contributed by atoms with van der Waals surface area (Å²) in [7, 11) is -0.729. The minimum atomic E-state index is -0.729. The zero-order chi connectivity index (χ0) is 7.84. The van der Waals surface area contributed by atoms with Crippen LogP contribution in [0.25, 0.3) is 0 Å². The summed E-state index contributed by atoms with van der Waals surface area (Å²) in [5.41, 5.74) is 0.914. The van der Waals surface area contributed by atoms with Gasteiger partial charge in [-0.05, 0) is 17.8 Å². The molecule has 0 aromatic carbocycles. The van der Waals surface area contributed by atoms with Crippen molar-refractivity contribution in [3.8, 4) is 0 Å². The molecule has 0 fully saturated rings. The molecule has 0 spiro atoms. The maximum atomic E-state index is 9.31. The Bertz CT molecular complexity index is 272. The SMILES string of the molecule is CC1N=NB(O)c2ccsc21. The Morgan fingerprint density at radius 1 is 1.73 bits per heavy atom. The molecule has 56 valence electrons. The highest BCUT2D eigenvalue weighted by Crippen LogP contribution is 2.24. The summed E-state index contributed by atoms with van der Waals surface area (Å²) in [6.45, 7) is 1.98. The first-order valence-corrected chi connectivity index (χ1v) is 4.32. The Labute approximate surface area is 68.9 Å². The lowest BCUT2D eigenvalue weighted by Gasteiger charge is -2.11. The van der Waals surface area contributed by atoms with Gasteiger partial charge in [-0.2, -0.15) is 5.11 Å². The van der Waals surface area contributed by atoms with E-state index >= 15 is 0 Å². The van der Waals surface area contributed by atoms with Crippen LogP contribution in [-0.2, 0) is 0 Å². The second-order valence-corrected chi connectivity index (χ2v) is 3.47. The van der Waals surface area contributed by atoms with E-state index < -0.39 is 7.05 Å². The minimum absolute atomic E-state index is 0.119. The average molecular weight is 166 g/mol. The van der Waals surface area contributed by atoms with E-state index in [1.807, 2.05) is 18.4 Å². The van der Waals surface area contributed by atoms with Crippen LogP contribution >= 0.6 is 11.3 Å². The second-order valence-electron chi connectivity index (χ2n) is 2.52. The first-order chi connectivity index (χ1) is 5.29. The zero-order valence-electron chi connectivity index (χ0n) is 6.06. The van der Waals surface area contributed by atoms with Crippen molar-refractivity contribution in [3.05, 3.63) is 16.3 Å². The van der Waals surface area contributed by atoms with Gasteiger partial charge in [0, 0.05) is 4.88 Å². The van der Waals surface area contributed by atoms with Crippen molar-refractivity contribution in [2.75, 3.05) is 0 Å². The van der Waals surface area contributed by atoms with Crippen molar-refractivity contribution >= 4 is 23.9 Å². The van der Waals surface area contributed by atoms with Crippen molar-refractivity contribution in [3.63, 3.8) is 0 Å². The number of nitrogens with zero attached hydrogens (tertiary/aromatic N) is 2. The molecule has 1 aromatic heterocycles. The molecule has 0 saturated heterocycles. The van der Waals surface area contributed by atoms with Crippen molar-refractivity contribution in [1.29, 1.82) is 0 Å². The largest absolute Gasteiger partial charge is 0.490 e. The molecule has 2 heterocycles. The number of fused-ring (bicyclic) bond motifs is 1. The van der Waals surface area contributed by atoms with Crippen LogP contribution in [0.3, 0.4) is 0 Å². The van der Waals surface area contributed by atoms with Crippen LogP contribution in [0.4, 0.5) is 0 Å². The molecule has 11 heavy (non-hydrogen) atoms. The van der Waals surface area contributed by atoms with Crippen LogP contribution in [0.15, 0.2) is 21.6 Å². The van der Waals surface area contributed by atoms with Gasteiger partial charge in [0.2, 0.25) is 0 Å². The topological polar surface area (TPSA) is 45.0 Å². The van der Waals surface area contributed by atoms with E-state index in [0.29, 0.717) is 0 Å². The maximum absolute atomic E-state index is 9.31. The highest BCUT2D eigenvalue weighted by atomic mass is 32.1. The molecule has 0 bridgehead atoms. The predicted octanol–water partition coefficient (Wildman–Crippen LogP) is 0.962. The van der Waals surface area contributed by atoms with Crippen LogP contribution in [0.2, 0.25) is 0 Å². The third-order valence-electron chi connectivity index (χ3n) is 1.73. The summed E-state index contributed by atoms with van der Waals surface area (Å²) in [6.07, 6.45) is 0. The Morgan fingerprint density at radius 3 is 3.27 bits per heavy atom. The van der Waals surface area contributed by atoms with Gasteiger partial charge in [0.05, 0.1) is 0 Å². The number of hydrogen-bond donors (Lipinski definition) is 1. The summed E-state index contributed by atoms with van der Waals surface area (Å²) in [6, 6.07) is 2.02. The van der Waals surface area contributed by atoms with Gasteiger partial charge in [-0.15, -0.1) is 11.3 Å². The van der Waals surface area contributed by atoms with E-state index in [1.54, 1.807) is 11.3 Å². The zero-order valence-corrected chi connectivity index (χ0v) is 6.88. The summed E-state index contributed by atoms with van der Waals surface area (Å²) in [4.78, 5) is 1.13. The smallest absolute Gasteiger partial charge is 0.427 e. The van der Waals surface area contributed by atoms with E-state index in [9.17, 15) is 5.02 Å². The lowest BCUT2D eigenvalue weighted by atomic mass is 9.74. The number of thiophene rings is 1. The van der Waals surface area contributed by atoms with Gasteiger partial charge >= 0.3 is 7.05 Å². The van der Waals surface area contributed by atoms with Crippen LogP contribution in [0.5, 0.6) is 0 Å². The molecule has 5 heteroatoms. The van der Waals surface area contributed by atoms with Gasteiger partial charge in [-0.25, -0.2) is 5.03 Å². The second kappa shape index (κ2) is 2.42. The average Bonchev–Trinajstić information content (AvgIpc) is 2.45. The lowest BCUT2D eigenvalue weighted by Crippen LogP contribution is -2.32. The van der Waals surface area contributed by atoms with E-state index in [4.69, 9.17) is 0 Å². The molecule has 0 aliphatic carbocycles. The van der Waals surface area contributed by atoms with Crippen molar-refractivity contribution in [2.45, 2.75) is 13.0 Å². The molecule has 2 rings (SSSR count). The Balaban J connectivity index is 2.50. The molecule has 1 aliphatic rings. The molecule has 1 aliphatic heterocycles. The van der Waals surface area contributed by atoms with E-state index in [1.165, 1.54) is 0 Å². The first-order valence-electron chi connectivity index (χ1n) is 3.44. The van der Waals surface area contributed by atoms with Gasteiger partial charge in [-0.1, -0.05) is 6.07 Å². The van der Waals surface area contributed by atoms with Gasteiger partial charge < -0.3 is 5.02 Å². The molecular weight excluding hydrogens is 159 g/mol.